The van der Waals surface area contributed by atoms with Crippen LogP contribution in [0.25, 0.3) is 0 Å². The fourth-order valence-electron chi connectivity index (χ4n) is 5.61. The van der Waals surface area contributed by atoms with Gasteiger partial charge >= 0.3 is 0 Å². The summed E-state index contributed by atoms with van der Waals surface area (Å²) in [5, 5.41) is 4.31. The van der Waals surface area contributed by atoms with Crippen LogP contribution in [0, 0.1) is 0 Å². The Bertz CT molecular complexity index is 1360. The first-order chi connectivity index (χ1) is 22.9. The highest BCUT2D eigenvalue weighted by Crippen LogP contribution is 2.22. The smallest absolute Gasteiger partial charge is 0.280 e. The molecule has 0 aromatic heterocycles. The fraction of sp³-hybridized carbons (Fsp3) is 0.400. The number of hydrogen-bond acceptors (Lipinski definition) is 5. The summed E-state index contributed by atoms with van der Waals surface area (Å²) in [6, 6.07) is 26.4. The molecule has 0 spiro atoms. The Morgan fingerprint density at radius 1 is 0.362 bits per heavy atom. The average Bonchev–Trinajstić information content (AvgIpc) is 3.10. The molecule has 0 saturated carbocycles. The van der Waals surface area contributed by atoms with Crippen molar-refractivity contribution in [1.29, 1.82) is 0 Å². The highest BCUT2D eigenvalue weighted by atomic mass is 28.4. The molecule has 0 aliphatic rings. The van der Waals surface area contributed by atoms with Crippen LogP contribution in [0.5, 0.6) is 23.0 Å². The van der Waals surface area contributed by atoms with Gasteiger partial charge in [0.05, 0.1) is 26.4 Å². The molecule has 0 atom stereocenters. The average molecular weight is 669 g/mol. The van der Waals surface area contributed by atoms with E-state index >= 15 is 0 Å². The first-order valence-electron chi connectivity index (χ1n) is 17.4. The number of ether oxygens (including phenoxy) is 4. The lowest BCUT2D eigenvalue weighted by Gasteiger charge is -2.28. The molecule has 0 aliphatic carbocycles. The second-order valence-electron chi connectivity index (χ2n) is 11.2. The number of rotatable bonds is 18. The summed E-state index contributed by atoms with van der Waals surface area (Å²) in [4.78, 5) is 0. The Labute approximate surface area is 286 Å². The van der Waals surface area contributed by atoms with Crippen LogP contribution < -0.4 is 39.7 Å². The van der Waals surface area contributed by atoms with Gasteiger partial charge in [0.2, 0.25) is 0 Å². The van der Waals surface area contributed by atoms with Crippen LogP contribution in [0.15, 0.2) is 72.8 Å². The zero-order valence-corrected chi connectivity index (χ0v) is 31.6. The van der Waals surface area contributed by atoms with Gasteiger partial charge in [0.25, 0.3) is 18.1 Å². The third-order valence-electron chi connectivity index (χ3n) is 8.20. The summed E-state index contributed by atoms with van der Waals surface area (Å²) >= 11 is 0. The molecule has 4 aromatic rings. The maximum atomic E-state index is 7.72. The van der Waals surface area contributed by atoms with E-state index in [1.165, 1.54) is 22.3 Å². The van der Waals surface area contributed by atoms with E-state index in [9.17, 15) is 0 Å². The molecule has 0 saturated heterocycles. The Kier molecular flexibility index (Phi) is 14.0. The van der Waals surface area contributed by atoms with E-state index in [4.69, 9.17) is 23.1 Å². The third kappa shape index (κ3) is 8.89. The number of benzene rings is 4. The monoisotopic (exact) mass is 668 g/mol. The maximum Gasteiger partial charge on any atom is 0.280 e. The predicted molar refractivity (Wildman–Crippen MR) is 199 cm³/mol. The van der Waals surface area contributed by atoms with Crippen molar-refractivity contribution < 1.29 is 23.1 Å². The summed E-state index contributed by atoms with van der Waals surface area (Å²) in [6.07, 6.45) is 3.71. The van der Waals surface area contributed by atoms with E-state index in [1.807, 2.05) is 27.7 Å². The summed E-state index contributed by atoms with van der Waals surface area (Å²) in [7, 11) is -3.91. The quantitative estimate of drug-likeness (QED) is 0.114. The minimum absolute atomic E-state index is 0.570. The topological polar surface area (TPSA) is 46.2 Å². The zero-order valence-electron chi connectivity index (χ0n) is 29.6. The molecule has 0 aliphatic heterocycles. The van der Waals surface area contributed by atoms with Crippen LogP contribution in [0.3, 0.4) is 0 Å². The standard InChI is InChI=1S/C40H52O5Si2/c1-9-29-17-21-37(33(25-29)41-13-5)46(38-22-18-30(10-2)26-34(38)42-14-6)45-47(39-23-19-31(11-3)27-35(39)43-15-7)40-24-20-32(12-4)28-36(40)44-16-8/h17-28H,9-16H2,1-8H3. The van der Waals surface area contributed by atoms with Crippen molar-refractivity contribution in [3.05, 3.63) is 95.1 Å². The van der Waals surface area contributed by atoms with E-state index in [2.05, 4.69) is 100 Å². The molecule has 0 N–H and O–H groups in total. The number of aryl methyl sites for hydroxylation is 4. The highest BCUT2D eigenvalue weighted by molar-refractivity contribution is 6.93. The molecule has 0 amide bonds. The lowest BCUT2D eigenvalue weighted by atomic mass is 10.1. The van der Waals surface area contributed by atoms with Crippen molar-refractivity contribution >= 4 is 38.8 Å². The van der Waals surface area contributed by atoms with Crippen LogP contribution >= 0.6 is 0 Å². The summed E-state index contributed by atoms with van der Waals surface area (Å²) in [5.41, 5.74) is 4.94. The molecule has 4 aromatic carbocycles. The summed E-state index contributed by atoms with van der Waals surface area (Å²) < 4.78 is 33.2. The van der Waals surface area contributed by atoms with Crippen LogP contribution in [-0.4, -0.2) is 44.5 Å². The molecule has 47 heavy (non-hydrogen) atoms. The Balaban J connectivity index is 2.05. The zero-order chi connectivity index (χ0) is 33.8. The van der Waals surface area contributed by atoms with E-state index < -0.39 is 18.1 Å². The van der Waals surface area contributed by atoms with Gasteiger partial charge in [-0.15, -0.1) is 0 Å². The van der Waals surface area contributed by atoms with E-state index in [1.54, 1.807) is 0 Å². The SMILES string of the molecule is CCOc1cc(CC)ccc1[Si](O[Si](c1ccc(CC)cc1OCC)c1ccc(CC)cc1OCC)c1ccc(CC)cc1OCC. The second kappa shape index (κ2) is 18.1. The van der Waals surface area contributed by atoms with Gasteiger partial charge in [-0.25, -0.2) is 0 Å². The molecule has 0 unspecified atom stereocenters. The highest BCUT2D eigenvalue weighted by Gasteiger charge is 2.35. The van der Waals surface area contributed by atoms with Crippen LogP contribution in [0.2, 0.25) is 0 Å². The van der Waals surface area contributed by atoms with Gasteiger partial charge in [-0.1, -0.05) is 76.2 Å². The van der Waals surface area contributed by atoms with Gasteiger partial charge in [0.15, 0.2) is 0 Å². The lowest BCUT2D eigenvalue weighted by Crippen LogP contribution is -2.57. The third-order valence-corrected chi connectivity index (χ3v) is 13.4. The van der Waals surface area contributed by atoms with E-state index in [0.29, 0.717) is 26.4 Å². The molecule has 7 heteroatoms. The molecule has 4 rings (SSSR count). The van der Waals surface area contributed by atoms with Gasteiger partial charge in [-0.2, -0.15) is 0 Å². The second-order valence-corrected chi connectivity index (χ2v) is 15.5. The molecular formula is C40H52O5Si2. The minimum atomic E-state index is -1.95. The first-order valence-corrected chi connectivity index (χ1v) is 20.2. The van der Waals surface area contributed by atoms with Crippen molar-refractivity contribution in [2.45, 2.75) is 81.1 Å². The van der Waals surface area contributed by atoms with Crippen LogP contribution in [-0.2, 0) is 29.8 Å². The van der Waals surface area contributed by atoms with Crippen molar-refractivity contribution in [2.75, 3.05) is 26.4 Å². The van der Waals surface area contributed by atoms with Gasteiger partial charge < -0.3 is 23.1 Å². The van der Waals surface area contributed by atoms with E-state index in [0.717, 1.165) is 69.4 Å². The van der Waals surface area contributed by atoms with Crippen molar-refractivity contribution in [1.82, 2.24) is 0 Å². The predicted octanol–water partition coefficient (Wildman–Crippen LogP) is 6.46. The molecule has 5 nitrogen and oxygen atoms in total. The Morgan fingerprint density at radius 3 is 0.787 bits per heavy atom. The maximum absolute atomic E-state index is 7.72. The normalized spacial score (nSPS) is 11.3. The summed E-state index contributed by atoms with van der Waals surface area (Å²) in [5.74, 6) is 3.51. The van der Waals surface area contributed by atoms with Crippen molar-refractivity contribution in [3.8, 4) is 23.0 Å². The lowest BCUT2D eigenvalue weighted by molar-refractivity contribution is 0.340. The molecule has 2 radical (unpaired) electrons. The molecule has 0 heterocycles. The van der Waals surface area contributed by atoms with Crippen LogP contribution in [0.4, 0.5) is 0 Å². The molecule has 0 bridgehead atoms. The summed E-state index contributed by atoms with van der Waals surface area (Å²) in [6.45, 7) is 19.1. The van der Waals surface area contributed by atoms with E-state index in [-0.39, 0.29) is 0 Å². The fourth-order valence-corrected chi connectivity index (χ4v) is 11.2. The van der Waals surface area contributed by atoms with Crippen molar-refractivity contribution in [3.63, 3.8) is 0 Å². The Hall–Kier alpha value is -3.53. The van der Waals surface area contributed by atoms with Crippen molar-refractivity contribution in [2.24, 2.45) is 0 Å². The van der Waals surface area contributed by atoms with Gasteiger partial charge in [0.1, 0.15) is 23.0 Å². The molecular weight excluding hydrogens is 617 g/mol. The molecule has 250 valence electrons. The minimum Gasteiger partial charge on any atom is -0.494 e. The first kappa shape index (κ1) is 36.3. The van der Waals surface area contributed by atoms with Gasteiger partial charge in [-0.05, 0) is 99.9 Å². The van der Waals surface area contributed by atoms with Gasteiger partial charge in [0, 0.05) is 20.7 Å². The number of hydrogen-bond donors (Lipinski definition) is 0. The van der Waals surface area contributed by atoms with Gasteiger partial charge in [-0.3, -0.25) is 0 Å². The van der Waals surface area contributed by atoms with Crippen LogP contribution in [0.1, 0.15) is 77.6 Å². The largest absolute Gasteiger partial charge is 0.494 e. The Morgan fingerprint density at radius 2 is 0.596 bits per heavy atom. The molecule has 0 fully saturated rings.